The summed E-state index contributed by atoms with van der Waals surface area (Å²) < 4.78 is 15.7. The van der Waals surface area contributed by atoms with Gasteiger partial charge in [0.05, 0.1) is 13.7 Å². The van der Waals surface area contributed by atoms with Crippen LogP contribution in [0.2, 0.25) is 0 Å². The summed E-state index contributed by atoms with van der Waals surface area (Å²) in [6.07, 6.45) is 0.997. The molecule has 2 rings (SSSR count). The van der Waals surface area contributed by atoms with E-state index in [1.165, 1.54) is 12.7 Å². The van der Waals surface area contributed by atoms with Crippen LogP contribution < -0.4 is 4.74 Å². The van der Waals surface area contributed by atoms with Crippen molar-refractivity contribution in [3.8, 4) is 5.75 Å². The second-order valence-electron chi connectivity index (χ2n) is 4.93. The van der Waals surface area contributed by atoms with Crippen LogP contribution in [0.1, 0.15) is 29.0 Å². The van der Waals surface area contributed by atoms with Gasteiger partial charge in [-0.1, -0.05) is 17.7 Å². The molecule has 4 heteroatoms. The summed E-state index contributed by atoms with van der Waals surface area (Å²) in [4.78, 5) is 11.2. The Hall–Kier alpha value is -1.55. The van der Waals surface area contributed by atoms with Crippen molar-refractivity contribution in [2.75, 3.05) is 26.9 Å². The lowest BCUT2D eigenvalue weighted by atomic mass is 9.93. The van der Waals surface area contributed by atoms with Crippen molar-refractivity contribution in [1.82, 2.24) is 0 Å². The second kappa shape index (κ2) is 6.06. The molecule has 1 aromatic carbocycles. The summed E-state index contributed by atoms with van der Waals surface area (Å²) in [5, 5.41) is 0. The Morgan fingerprint density at radius 2 is 2.21 bits per heavy atom. The van der Waals surface area contributed by atoms with E-state index in [9.17, 15) is 4.79 Å². The third kappa shape index (κ3) is 3.26. The highest BCUT2D eigenvalue weighted by molar-refractivity contribution is 5.71. The Bertz CT molecular complexity index is 461. The van der Waals surface area contributed by atoms with Crippen LogP contribution in [0.3, 0.4) is 0 Å². The predicted octanol–water partition coefficient (Wildman–Crippen LogP) is 2.36. The maximum atomic E-state index is 11.2. The van der Waals surface area contributed by atoms with Crippen LogP contribution >= 0.6 is 0 Å². The monoisotopic (exact) mass is 264 g/mol. The van der Waals surface area contributed by atoms with Gasteiger partial charge >= 0.3 is 5.97 Å². The maximum absolute atomic E-state index is 11.2. The lowest BCUT2D eigenvalue weighted by Crippen LogP contribution is -2.15. The molecule has 1 heterocycles. The molecule has 1 atom stereocenters. The summed E-state index contributed by atoms with van der Waals surface area (Å²) in [5.41, 5.74) is 3.38. The van der Waals surface area contributed by atoms with Crippen molar-refractivity contribution < 1.29 is 19.0 Å². The van der Waals surface area contributed by atoms with E-state index in [0.717, 1.165) is 36.5 Å². The topological polar surface area (TPSA) is 44.8 Å². The van der Waals surface area contributed by atoms with Crippen molar-refractivity contribution in [1.29, 1.82) is 0 Å². The molecule has 0 saturated carbocycles. The normalized spacial score (nSPS) is 18.4. The molecule has 19 heavy (non-hydrogen) atoms. The fourth-order valence-electron chi connectivity index (χ4n) is 2.46. The summed E-state index contributed by atoms with van der Waals surface area (Å²) in [5.74, 6) is 0.784. The Labute approximate surface area is 113 Å². The fourth-order valence-corrected chi connectivity index (χ4v) is 2.46. The van der Waals surface area contributed by atoms with E-state index >= 15 is 0 Å². The lowest BCUT2D eigenvalue weighted by Gasteiger charge is -2.18. The molecule has 0 aliphatic carbocycles. The zero-order valence-electron chi connectivity index (χ0n) is 11.7. The van der Waals surface area contributed by atoms with Gasteiger partial charge in [0.25, 0.3) is 0 Å². The van der Waals surface area contributed by atoms with E-state index in [-0.39, 0.29) is 12.6 Å². The largest absolute Gasteiger partial charge is 0.481 e. The van der Waals surface area contributed by atoms with Gasteiger partial charge in [0, 0.05) is 18.1 Å². The average molecular weight is 264 g/mol. The minimum absolute atomic E-state index is 0.0546. The van der Waals surface area contributed by atoms with Gasteiger partial charge in [-0.25, -0.2) is 4.79 Å². The summed E-state index contributed by atoms with van der Waals surface area (Å²) >= 11 is 0. The van der Waals surface area contributed by atoms with Crippen molar-refractivity contribution in [3.63, 3.8) is 0 Å². The molecule has 104 valence electrons. The highest BCUT2D eigenvalue weighted by Crippen LogP contribution is 2.35. The maximum Gasteiger partial charge on any atom is 0.343 e. The number of ether oxygens (including phenoxy) is 3. The highest BCUT2D eigenvalue weighted by Gasteiger charge is 2.23. The molecule has 0 bridgehead atoms. The Morgan fingerprint density at radius 3 is 2.84 bits per heavy atom. The Balaban J connectivity index is 2.26. The number of carbonyl (C=O) groups is 1. The number of benzene rings is 1. The molecule has 4 nitrogen and oxygen atoms in total. The molecule has 0 amide bonds. The van der Waals surface area contributed by atoms with Crippen molar-refractivity contribution in [2.24, 2.45) is 0 Å². The summed E-state index contributed by atoms with van der Waals surface area (Å²) in [7, 11) is 1.36. The van der Waals surface area contributed by atoms with Gasteiger partial charge in [0.15, 0.2) is 6.61 Å². The van der Waals surface area contributed by atoms with Gasteiger partial charge in [-0.15, -0.1) is 0 Å². The fraction of sp³-hybridized carbons (Fsp3) is 0.533. The highest BCUT2D eigenvalue weighted by atomic mass is 16.6. The molecule has 1 saturated heterocycles. The van der Waals surface area contributed by atoms with Gasteiger partial charge in [0.2, 0.25) is 0 Å². The van der Waals surface area contributed by atoms with Gasteiger partial charge in [-0.2, -0.15) is 0 Å². The van der Waals surface area contributed by atoms with E-state index in [0.29, 0.717) is 5.92 Å². The Morgan fingerprint density at radius 1 is 1.42 bits per heavy atom. The third-order valence-corrected chi connectivity index (χ3v) is 3.38. The van der Waals surface area contributed by atoms with E-state index in [2.05, 4.69) is 23.8 Å². The molecule has 0 spiro atoms. The molecule has 0 N–H and O–H groups in total. The zero-order valence-corrected chi connectivity index (χ0v) is 11.7. The van der Waals surface area contributed by atoms with E-state index < -0.39 is 0 Å². The first-order valence-electron chi connectivity index (χ1n) is 6.50. The van der Waals surface area contributed by atoms with Gasteiger partial charge in [0.1, 0.15) is 5.75 Å². The number of carbonyl (C=O) groups excluding carboxylic acids is 1. The van der Waals surface area contributed by atoms with Gasteiger partial charge in [-0.3, -0.25) is 0 Å². The van der Waals surface area contributed by atoms with Crippen LogP contribution in [-0.4, -0.2) is 32.9 Å². The van der Waals surface area contributed by atoms with E-state index in [1.807, 2.05) is 6.92 Å². The number of hydrogen-bond acceptors (Lipinski definition) is 4. The molecule has 1 aliphatic heterocycles. The third-order valence-electron chi connectivity index (χ3n) is 3.38. The number of aryl methyl sites for hydroxylation is 2. The number of rotatable bonds is 4. The zero-order chi connectivity index (χ0) is 13.8. The van der Waals surface area contributed by atoms with Crippen LogP contribution in [-0.2, 0) is 14.3 Å². The summed E-state index contributed by atoms with van der Waals surface area (Å²) in [6, 6.07) is 4.19. The SMILES string of the molecule is COC(=O)COc1c(C)cc(C)cc1C1CCOC1. The predicted molar refractivity (Wildman–Crippen MR) is 71.6 cm³/mol. The van der Waals surface area contributed by atoms with Crippen molar-refractivity contribution in [2.45, 2.75) is 26.2 Å². The van der Waals surface area contributed by atoms with E-state index in [1.54, 1.807) is 0 Å². The lowest BCUT2D eigenvalue weighted by molar-refractivity contribution is -0.142. The molecule has 1 unspecified atom stereocenters. The first-order valence-corrected chi connectivity index (χ1v) is 6.50. The van der Waals surface area contributed by atoms with E-state index in [4.69, 9.17) is 9.47 Å². The standard InChI is InChI=1S/C15H20O4/c1-10-6-11(2)15(19-9-14(16)17-3)13(7-10)12-4-5-18-8-12/h6-7,12H,4-5,8-9H2,1-3H3. The molecule has 1 aromatic rings. The second-order valence-corrected chi connectivity index (χ2v) is 4.93. The number of hydrogen-bond donors (Lipinski definition) is 0. The molecule has 1 fully saturated rings. The smallest absolute Gasteiger partial charge is 0.343 e. The number of methoxy groups -OCH3 is 1. The molecular weight excluding hydrogens is 244 g/mol. The number of esters is 1. The minimum Gasteiger partial charge on any atom is -0.481 e. The Kier molecular flexibility index (Phi) is 4.43. The van der Waals surface area contributed by atoms with Crippen molar-refractivity contribution in [3.05, 3.63) is 28.8 Å². The van der Waals surface area contributed by atoms with Crippen LogP contribution in [0.5, 0.6) is 5.75 Å². The molecule has 1 aliphatic rings. The van der Waals surface area contributed by atoms with Crippen LogP contribution in [0.4, 0.5) is 0 Å². The quantitative estimate of drug-likeness (QED) is 0.783. The van der Waals surface area contributed by atoms with Crippen molar-refractivity contribution >= 4 is 5.97 Å². The minimum atomic E-state index is -0.367. The van der Waals surface area contributed by atoms with Crippen LogP contribution in [0.15, 0.2) is 12.1 Å². The summed E-state index contributed by atoms with van der Waals surface area (Å²) in [6.45, 7) is 5.52. The molecule has 0 aromatic heterocycles. The first-order chi connectivity index (χ1) is 9.11. The van der Waals surface area contributed by atoms with Crippen LogP contribution in [0.25, 0.3) is 0 Å². The first kappa shape index (κ1) is 13.9. The van der Waals surface area contributed by atoms with Crippen LogP contribution in [0, 0.1) is 13.8 Å². The average Bonchev–Trinajstić information content (AvgIpc) is 2.90. The molecular formula is C15H20O4. The molecule has 0 radical (unpaired) electrons. The van der Waals surface area contributed by atoms with Gasteiger partial charge < -0.3 is 14.2 Å². The van der Waals surface area contributed by atoms with Gasteiger partial charge in [-0.05, 0) is 25.8 Å².